The van der Waals surface area contributed by atoms with E-state index in [-0.39, 0.29) is 23.3 Å². The van der Waals surface area contributed by atoms with Crippen LogP contribution >= 0.6 is 11.3 Å². The molecule has 1 aliphatic heterocycles. The van der Waals surface area contributed by atoms with Crippen LogP contribution in [0, 0.1) is 0 Å². The fourth-order valence-corrected chi connectivity index (χ4v) is 3.35. The summed E-state index contributed by atoms with van der Waals surface area (Å²) in [5.74, 6) is -0.979. The Labute approximate surface area is 127 Å². The zero-order chi connectivity index (χ0) is 15.4. The first kappa shape index (κ1) is 15.6. The first-order chi connectivity index (χ1) is 10.0. The van der Waals surface area contributed by atoms with E-state index >= 15 is 0 Å². The van der Waals surface area contributed by atoms with E-state index in [1.54, 1.807) is 0 Å². The number of ether oxygens (including phenoxy) is 1. The van der Waals surface area contributed by atoms with Crippen LogP contribution in [-0.4, -0.2) is 38.1 Å². The van der Waals surface area contributed by atoms with E-state index < -0.39 is 5.91 Å². The van der Waals surface area contributed by atoms with Gasteiger partial charge in [0.1, 0.15) is 9.88 Å². The minimum Gasteiger partial charge on any atom is -0.397 e. The SMILES string of the molecule is CNC(=O)c1sc(NCC2CCCCO2)c(C(N)=O)c1N. The van der Waals surface area contributed by atoms with Gasteiger partial charge in [0.15, 0.2) is 0 Å². The largest absolute Gasteiger partial charge is 0.397 e. The second-order valence-electron chi connectivity index (χ2n) is 4.86. The molecule has 2 heterocycles. The second-order valence-corrected chi connectivity index (χ2v) is 5.88. The van der Waals surface area contributed by atoms with E-state index in [4.69, 9.17) is 16.2 Å². The molecule has 1 unspecified atom stereocenters. The number of hydrogen-bond donors (Lipinski definition) is 4. The first-order valence-electron chi connectivity index (χ1n) is 6.84. The molecule has 0 aliphatic carbocycles. The summed E-state index contributed by atoms with van der Waals surface area (Å²) in [5.41, 5.74) is 11.5. The van der Waals surface area contributed by atoms with Crippen molar-refractivity contribution in [3.05, 3.63) is 10.4 Å². The van der Waals surface area contributed by atoms with E-state index in [1.165, 1.54) is 7.05 Å². The van der Waals surface area contributed by atoms with Gasteiger partial charge in [0.25, 0.3) is 11.8 Å². The Morgan fingerprint density at radius 3 is 2.76 bits per heavy atom. The summed E-state index contributed by atoms with van der Waals surface area (Å²) in [4.78, 5) is 23.6. The molecule has 1 atom stereocenters. The molecular formula is C13H20N4O3S. The topological polar surface area (TPSA) is 119 Å². The number of nitrogens with two attached hydrogens (primary N) is 2. The number of nitrogen functional groups attached to an aromatic ring is 1. The van der Waals surface area contributed by atoms with Crippen LogP contribution in [0.1, 0.15) is 39.3 Å². The van der Waals surface area contributed by atoms with Gasteiger partial charge >= 0.3 is 0 Å². The number of rotatable bonds is 5. The Morgan fingerprint density at radius 1 is 1.43 bits per heavy atom. The molecule has 1 saturated heterocycles. The number of amides is 2. The van der Waals surface area contributed by atoms with Gasteiger partial charge in [0.05, 0.1) is 17.4 Å². The minimum atomic E-state index is -0.647. The lowest BCUT2D eigenvalue weighted by atomic mass is 10.1. The van der Waals surface area contributed by atoms with Crippen LogP contribution in [0.4, 0.5) is 10.7 Å². The number of thiophene rings is 1. The van der Waals surface area contributed by atoms with Gasteiger partial charge in [-0.3, -0.25) is 9.59 Å². The summed E-state index contributed by atoms with van der Waals surface area (Å²) in [7, 11) is 1.51. The third-order valence-corrected chi connectivity index (χ3v) is 4.55. The number of hydrogen-bond acceptors (Lipinski definition) is 6. The average Bonchev–Trinajstić information content (AvgIpc) is 2.82. The number of anilines is 2. The lowest BCUT2D eigenvalue weighted by molar-refractivity contribution is 0.0248. The van der Waals surface area contributed by atoms with Gasteiger partial charge in [-0.05, 0) is 19.3 Å². The smallest absolute Gasteiger partial charge is 0.263 e. The highest BCUT2D eigenvalue weighted by Gasteiger charge is 2.24. The molecule has 0 spiro atoms. The van der Waals surface area contributed by atoms with E-state index in [0.717, 1.165) is 37.2 Å². The van der Waals surface area contributed by atoms with Gasteiger partial charge in [-0.25, -0.2) is 0 Å². The Bertz CT molecular complexity index is 538. The molecule has 0 saturated carbocycles. The highest BCUT2D eigenvalue weighted by molar-refractivity contribution is 7.19. The third-order valence-electron chi connectivity index (χ3n) is 3.39. The number of carbonyl (C=O) groups excluding carboxylic acids is 2. The van der Waals surface area contributed by atoms with Crippen LogP contribution in [0.25, 0.3) is 0 Å². The maximum Gasteiger partial charge on any atom is 0.263 e. The normalized spacial score (nSPS) is 18.2. The molecule has 1 fully saturated rings. The van der Waals surface area contributed by atoms with Crippen molar-refractivity contribution in [3.63, 3.8) is 0 Å². The fourth-order valence-electron chi connectivity index (χ4n) is 2.27. The Hall–Kier alpha value is -1.80. The van der Waals surface area contributed by atoms with Crippen molar-refractivity contribution in [2.45, 2.75) is 25.4 Å². The predicted octanol–water partition coefficient (Wildman–Crippen LogP) is 0.770. The maximum atomic E-state index is 11.7. The second kappa shape index (κ2) is 6.77. The maximum absolute atomic E-state index is 11.7. The van der Waals surface area contributed by atoms with Crippen molar-refractivity contribution < 1.29 is 14.3 Å². The Kier molecular flexibility index (Phi) is 5.03. The van der Waals surface area contributed by atoms with Crippen molar-refractivity contribution in [2.75, 3.05) is 31.2 Å². The van der Waals surface area contributed by atoms with Crippen molar-refractivity contribution in [3.8, 4) is 0 Å². The van der Waals surface area contributed by atoms with Crippen LogP contribution in [0.5, 0.6) is 0 Å². The average molecular weight is 312 g/mol. The molecule has 0 bridgehead atoms. The standard InChI is InChI=1S/C13H20N4O3S/c1-16-12(19)10-9(14)8(11(15)18)13(21-10)17-6-7-4-2-3-5-20-7/h7,17H,2-6,14H2,1H3,(H2,15,18)(H,16,19). The summed E-state index contributed by atoms with van der Waals surface area (Å²) in [6, 6.07) is 0. The molecule has 1 aromatic rings. The molecule has 2 amide bonds. The zero-order valence-corrected chi connectivity index (χ0v) is 12.7. The van der Waals surface area contributed by atoms with Crippen molar-refractivity contribution >= 4 is 33.8 Å². The van der Waals surface area contributed by atoms with Crippen molar-refractivity contribution in [2.24, 2.45) is 5.73 Å². The summed E-state index contributed by atoms with van der Waals surface area (Å²) in [6.45, 7) is 1.32. The van der Waals surface area contributed by atoms with Crippen LogP contribution in [0.2, 0.25) is 0 Å². The van der Waals surface area contributed by atoms with Crippen molar-refractivity contribution in [1.82, 2.24) is 5.32 Å². The summed E-state index contributed by atoms with van der Waals surface area (Å²) in [5, 5.41) is 6.15. The number of primary amides is 1. The van der Waals surface area contributed by atoms with Gasteiger partial charge in [-0.1, -0.05) is 0 Å². The van der Waals surface area contributed by atoms with Crippen LogP contribution in [-0.2, 0) is 4.74 Å². The molecule has 7 nitrogen and oxygen atoms in total. The molecule has 116 valence electrons. The molecule has 21 heavy (non-hydrogen) atoms. The lowest BCUT2D eigenvalue weighted by Crippen LogP contribution is -2.27. The molecule has 1 aliphatic rings. The Morgan fingerprint density at radius 2 is 2.19 bits per heavy atom. The van der Waals surface area contributed by atoms with Gasteiger partial charge in [0, 0.05) is 20.2 Å². The predicted molar refractivity (Wildman–Crippen MR) is 82.7 cm³/mol. The molecule has 0 aromatic carbocycles. The van der Waals surface area contributed by atoms with Crippen LogP contribution in [0.3, 0.4) is 0 Å². The quantitative estimate of drug-likeness (QED) is 0.640. The van der Waals surface area contributed by atoms with Gasteiger partial charge in [-0.2, -0.15) is 0 Å². The molecule has 6 N–H and O–H groups in total. The number of carbonyl (C=O) groups is 2. The molecule has 2 rings (SSSR count). The Balaban J connectivity index is 2.17. The van der Waals surface area contributed by atoms with E-state index in [0.29, 0.717) is 16.4 Å². The third kappa shape index (κ3) is 3.45. The van der Waals surface area contributed by atoms with E-state index in [2.05, 4.69) is 10.6 Å². The fraction of sp³-hybridized carbons (Fsp3) is 0.538. The molecule has 1 aromatic heterocycles. The summed E-state index contributed by atoms with van der Waals surface area (Å²) < 4.78 is 5.62. The van der Waals surface area contributed by atoms with Crippen LogP contribution < -0.4 is 22.1 Å². The van der Waals surface area contributed by atoms with Crippen molar-refractivity contribution in [1.29, 1.82) is 0 Å². The van der Waals surface area contributed by atoms with Crippen LogP contribution in [0.15, 0.2) is 0 Å². The summed E-state index contributed by atoms with van der Waals surface area (Å²) >= 11 is 1.13. The zero-order valence-electron chi connectivity index (χ0n) is 11.9. The van der Waals surface area contributed by atoms with Gasteiger partial charge < -0.3 is 26.8 Å². The lowest BCUT2D eigenvalue weighted by Gasteiger charge is -2.23. The highest BCUT2D eigenvalue weighted by Crippen LogP contribution is 2.35. The molecular weight excluding hydrogens is 292 g/mol. The first-order valence-corrected chi connectivity index (χ1v) is 7.65. The summed E-state index contributed by atoms with van der Waals surface area (Å²) in [6.07, 6.45) is 3.29. The van der Waals surface area contributed by atoms with Gasteiger partial charge in [0.2, 0.25) is 0 Å². The number of nitrogens with one attached hydrogen (secondary N) is 2. The van der Waals surface area contributed by atoms with E-state index in [9.17, 15) is 9.59 Å². The minimum absolute atomic E-state index is 0.103. The van der Waals surface area contributed by atoms with E-state index in [1.807, 2.05) is 0 Å². The monoisotopic (exact) mass is 312 g/mol. The van der Waals surface area contributed by atoms with Gasteiger partial charge in [-0.15, -0.1) is 11.3 Å². The molecule has 8 heteroatoms. The molecule has 0 radical (unpaired) electrons. The highest BCUT2D eigenvalue weighted by atomic mass is 32.1.